The van der Waals surface area contributed by atoms with Crippen LogP contribution in [0.2, 0.25) is 0 Å². The van der Waals surface area contributed by atoms with Crippen molar-refractivity contribution in [1.29, 1.82) is 0 Å². The van der Waals surface area contributed by atoms with E-state index in [-0.39, 0.29) is 34.6 Å². The minimum atomic E-state index is -0.287. The van der Waals surface area contributed by atoms with Gasteiger partial charge in [0.1, 0.15) is 29.5 Å². The molecular weight excluding hydrogens is 841 g/mol. The van der Waals surface area contributed by atoms with Gasteiger partial charge in [-0.05, 0) is 63.4 Å². The van der Waals surface area contributed by atoms with Crippen molar-refractivity contribution in [3.63, 3.8) is 0 Å². The highest BCUT2D eigenvalue weighted by atomic mass is 32.1. The van der Waals surface area contributed by atoms with Crippen molar-refractivity contribution in [2.45, 2.75) is 58.9 Å². The predicted octanol–water partition coefficient (Wildman–Crippen LogP) is 5.74. The molecule has 2 fully saturated rings. The van der Waals surface area contributed by atoms with E-state index in [1.54, 1.807) is 53.5 Å². The van der Waals surface area contributed by atoms with Gasteiger partial charge in [0.2, 0.25) is 17.6 Å². The molecular formula is C46H56N8O9S. The van der Waals surface area contributed by atoms with Gasteiger partial charge in [-0.3, -0.25) is 23.7 Å². The van der Waals surface area contributed by atoms with Gasteiger partial charge in [-0.25, -0.2) is 15.0 Å². The van der Waals surface area contributed by atoms with Crippen LogP contribution < -0.4 is 20.5 Å². The lowest BCUT2D eigenvalue weighted by molar-refractivity contribution is -0.132. The third kappa shape index (κ3) is 12.1. The van der Waals surface area contributed by atoms with E-state index in [1.165, 1.54) is 18.3 Å². The number of hydrogen-bond acceptors (Lipinski definition) is 16. The van der Waals surface area contributed by atoms with E-state index in [0.29, 0.717) is 137 Å². The van der Waals surface area contributed by atoms with Crippen LogP contribution in [-0.2, 0) is 23.7 Å². The number of nitrogens with one attached hydrogen (secondary N) is 1. The predicted molar refractivity (Wildman–Crippen MR) is 242 cm³/mol. The molecule has 4 aromatic heterocycles. The molecule has 1 aromatic carbocycles. The lowest BCUT2D eigenvalue weighted by Crippen LogP contribution is -2.49. The van der Waals surface area contributed by atoms with Crippen LogP contribution in [0.1, 0.15) is 82.1 Å². The van der Waals surface area contributed by atoms with Crippen molar-refractivity contribution in [2.24, 2.45) is 0 Å². The molecule has 0 bridgehead atoms. The average molecular weight is 897 g/mol. The number of benzene rings is 1. The molecule has 1 saturated carbocycles. The van der Waals surface area contributed by atoms with E-state index < -0.39 is 0 Å². The number of anilines is 3. The molecule has 0 spiro atoms. The number of nitrogens with zero attached hydrogens (tertiary/aromatic N) is 7. The minimum Gasteiger partial charge on any atom is -0.491 e. The number of thiazole rings is 1. The number of hydrogen-bond donors (Lipinski definition) is 1. The number of amides is 1. The number of carbonyl (C=O) groups excluding carboxylic acids is 3. The lowest BCUT2D eigenvalue weighted by atomic mass is 10.0. The molecule has 340 valence electrons. The van der Waals surface area contributed by atoms with E-state index in [9.17, 15) is 19.2 Å². The Morgan fingerprint density at radius 3 is 2.14 bits per heavy atom. The summed E-state index contributed by atoms with van der Waals surface area (Å²) in [7, 11) is 0. The third-order valence-corrected chi connectivity index (χ3v) is 12.0. The van der Waals surface area contributed by atoms with E-state index >= 15 is 0 Å². The van der Waals surface area contributed by atoms with Gasteiger partial charge in [0.05, 0.1) is 81.7 Å². The summed E-state index contributed by atoms with van der Waals surface area (Å²) in [4.78, 5) is 73.7. The third-order valence-electron chi connectivity index (χ3n) is 11.3. The summed E-state index contributed by atoms with van der Waals surface area (Å²) in [5.41, 5.74) is 2.96. The maximum absolute atomic E-state index is 13.5. The van der Waals surface area contributed by atoms with Crippen LogP contribution in [0.15, 0.2) is 59.0 Å². The first-order chi connectivity index (χ1) is 31.2. The Morgan fingerprint density at radius 2 is 1.50 bits per heavy atom. The molecule has 0 radical (unpaired) electrons. The number of fused-ring (bicyclic) bond motifs is 1. The number of ether oxygens (including phenoxy) is 5. The molecule has 0 atom stereocenters. The summed E-state index contributed by atoms with van der Waals surface area (Å²) in [6, 6.07) is 10.9. The molecule has 1 saturated heterocycles. The summed E-state index contributed by atoms with van der Waals surface area (Å²) < 4.78 is 29.8. The largest absolute Gasteiger partial charge is 0.491 e. The Kier molecular flexibility index (Phi) is 16.5. The molecule has 5 heterocycles. The molecule has 64 heavy (non-hydrogen) atoms. The second-order valence-corrected chi connectivity index (χ2v) is 16.7. The Hall–Kier alpha value is -5.66. The van der Waals surface area contributed by atoms with Gasteiger partial charge >= 0.3 is 0 Å². The first kappa shape index (κ1) is 46.3. The molecule has 2 aliphatic rings. The number of pyridine rings is 2. The zero-order valence-electron chi connectivity index (χ0n) is 36.7. The fraction of sp³-hybridized carbons (Fsp3) is 0.478. The molecule has 18 heteroatoms. The Balaban J connectivity index is 0.720. The van der Waals surface area contributed by atoms with Crippen LogP contribution in [0.5, 0.6) is 5.75 Å². The van der Waals surface area contributed by atoms with Crippen molar-refractivity contribution in [1.82, 2.24) is 29.4 Å². The number of Topliss-reactive ketones (excluding diaryl/α,β-unsaturated/α-hetero) is 1. The highest BCUT2D eigenvalue weighted by molar-refractivity contribution is 7.09. The van der Waals surface area contributed by atoms with E-state index in [2.05, 4.69) is 25.2 Å². The quantitative estimate of drug-likeness (QED) is 0.0617. The first-order valence-electron chi connectivity index (χ1n) is 21.9. The number of aryl methyl sites for hydroxylation is 2. The zero-order valence-corrected chi connectivity index (χ0v) is 37.5. The van der Waals surface area contributed by atoms with Gasteiger partial charge in [0.25, 0.3) is 5.56 Å². The molecule has 7 rings (SSSR count). The highest BCUT2D eigenvalue weighted by Crippen LogP contribution is 2.32. The van der Waals surface area contributed by atoms with Crippen LogP contribution in [-0.4, -0.2) is 133 Å². The van der Waals surface area contributed by atoms with Crippen molar-refractivity contribution in [3.05, 3.63) is 91.9 Å². The number of aromatic nitrogens is 5. The summed E-state index contributed by atoms with van der Waals surface area (Å²) >= 11 is 1.45. The Morgan fingerprint density at radius 1 is 0.812 bits per heavy atom. The fourth-order valence-electron chi connectivity index (χ4n) is 7.92. The van der Waals surface area contributed by atoms with Gasteiger partial charge in [-0.1, -0.05) is 25.0 Å². The summed E-state index contributed by atoms with van der Waals surface area (Å²) in [5.74, 6) is 1.15. The monoisotopic (exact) mass is 896 g/mol. The lowest BCUT2D eigenvalue weighted by Gasteiger charge is -2.36. The van der Waals surface area contributed by atoms with Crippen LogP contribution >= 0.6 is 11.3 Å². The number of carbonyl (C=O) groups is 3. The molecule has 0 unspecified atom stereocenters. The second kappa shape index (κ2) is 22.8. The van der Waals surface area contributed by atoms with Gasteiger partial charge in [0, 0.05) is 54.7 Å². The van der Waals surface area contributed by atoms with Gasteiger partial charge < -0.3 is 38.8 Å². The van der Waals surface area contributed by atoms with Crippen molar-refractivity contribution in [3.8, 4) is 5.75 Å². The SMILES string of the molecule is CC(=O)c1c(C)c2cnc(Nc3ccc(N4CCN(C(=O)CCOCCOCCOCCOCCOc5cccc(C(=O)c6csc(C)n6)c5)CC4)cn3)nc2n(C2CCCC2)c1=O. The molecule has 1 aliphatic carbocycles. The van der Waals surface area contributed by atoms with Crippen LogP contribution in [0.3, 0.4) is 0 Å². The second-order valence-electron chi connectivity index (χ2n) is 15.7. The molecule has 1 amide bonds. The molecule has 5 aromatic rings. The maximum atomic E-state index is 13.5. The summed E-state index contributed by atoms with van der Waals surface area (Å²) in [6.07, 6.45) is 7.57. The first-order valence-corrected chi connectivity index (χ1v) is 22.7. The molecule has 17 nitrogen and oxygen atoms in total. The van der Waals surface area contributed by atoms with Crippen molar-refractivity contribution >= 4 is 57.3 Å². The average Bonchev–Trinajstić information content (AvgIpc) is 4.00. The molecule has 1 aliphatic heterocycles. The normalized spacial score (nSPS) is 14.4. The number of ketones is 2. The fourth-order valence-corrected chi connectivity index (χ4v) is 8.52. The van der Waals surface area contributed by atoms with E-state index in [1.807, 2.05) is 24.0 Å². The standard InChI is InChI=1S/C46H56N8O9S/c1-31-38-29-48-46(51-44(38)54(35-8-4-5-9-35)45(58)42(31)32(2)55)50-40-12-11-36(28-47-40)52-14-16-53(17-15-52)41(56)13-18-59-19-20-60-21-22-61-23-24-62-25-26-63-37-10-6-7-34(27-37)43(57)39-30-64-33(3)49-39/h6-7,10-12,27-30,35H,4-5,8-9,13-26H2,1-3H3,(H,47,48,50,51). The zero-order chi connectivity index (χ0) is 44.8. The van der Waals surface area contributed by atoms with Gasteiger partial charge in [0.15, 0.2) is 5.78 Å². The van der Waals surface area contributed by atoms with Crippen LogP contribution in [0, 0.1) is 13.8 Å². The maximum Gasteiger partial charge on any atom is 0.263 e. The highest BCUT2D eigenvalue weighted by Gasteiger charge is 2.26. The minimum absolute atomic E-state index is 0.00309. The van der Waals surface area contributed by atoms with Crippen molar-refractivity contribution in [2.75, 3.05) is 95.9 Å². The topological polar surface area (TPSA) is 189 Å². The van der Waals surface area contributed by atoms with Gasteiger partial charge in [-0.2, -0.15) is 4.98 Å². The van der Waals surface area contributed by atoms with Crippen molar-refractivity contribution < 1.29 is 38.1 Å². The van der Waals surface area contributed by atoms with E-state index in [0.717, 1.165) is 36.4 Å². The number of rotatable bonds is 23. The molecule has 1 N–H and O–H groups in total. The smallest absolute Gasteiger partial charge is 0.263 e. The summed E-state index contributed by atoms with van der Waals surface area (Å²) in [6.45, 7) is 11.2. The Labute approximate surface area is 376 Å². The summed E-state index contributed by atoms with van der Waals surface area (Å²) in [5, 5.41) is 6.48. The van der Waals surface area contributed by atoms with E-state index in [4.69, 9.17) is 28.7 Å². The van der Waals surface area contributed by atoms with Crippen LogP contribution in [0.4, 0.5) is 17.5 Å². The Bertz CT molecular complexity index is 2430. The number of piperazine rings is 1. The van der Waals surface area contributed by atoms with Gasteiger partial charge in [-0.15, -0.1) is 11.3 Å². The van der Waals surface area contributed by atoms with Crippen LogP contribution in [0.25, 0.3) is 11.0 Å².